The number of benzene rings is 1. The number of rotatable bonds is 8. The lowest BCUT2D eigenvalue weighted by molar-refractivity contribution is -0.137. The van der Waals surface area contributed by atoms with Crippen LogP contribution in [-0.2, 0) is 21.2 Å². The van der Waals surface area contributed by atoms with Gasteiger partial charge < -0.3 is 10.1 Å². The number of carboxylic acids is 1. The molecule has 0 spiro atoms. The first-order chi connectivity index (χ1) is 9.98. The summed E-state index contributed by atoms with van der Waals surface area (Å²) in [4.78, 5) is 13.5. The monoisotopic (exact) mass is 310 g/mol. The van der Waals surface area contributed by atoms with E-state index >= 15 is 0 Å². The Labute approximate surface area is 123 Å². The molecule has 114 valence electrons. The molecule has 0 saturated heterocycles. The summed E-state index contributed by atoms with van der Waals surface area (Å²) in [6.45, 7) is 0.303. The predicted octanol–water partition coefficient (Wildman–Crippen LogP) is 1.49. The molecular weight excluding hydrogens is 292 g/mol. The van der Waals surface area contributed by atoms with Gasteiger partial charge in [-0.25, -0.2) is 13.1 Å². The van der Waals surface area contributed by atoms with Gasteiger partial charge in [-0.2, -0.15) is 0 Å². The zero-order valence-corrected chi connectivity index (χ0v) is 12.3. The molecule has 0 radical (unpaired) electrons. The van der Waals surface area contributed by atoms with E-state index in [0.29, 0.717) is 13.0 Å². The second-order valence-corrected chi connectivity index (χ2v) is 6.75. The smallest absolute Gasteiger partial charge is 0.303 e. The lowest BCUT2D eigenvalue weighted by Crippen LogP contribution is -2.28. The third kappa shape index (κ3) is 4.57. The molecule has 6 nitrogen and oxygen atoms in total. The molecule has 0 fully saturated rings. The van der Waals surface area contributed by atoms with Crippen LogP contribution in [0.25, 0.3) is 10.9 Å². The molecule has 7 heteroatoms. The van der Waals surface area contributed by atoms with Crippen molar-refractivity contribution < 1.29 is 18.3 Å². The summed E-state index contributed by atoms with van der Waals surface area (Å²) in [6.07, 6.45) is 2.45. The minimum absolute atomic E-state index is 0.123. The van der Waals surface area contributed by atoms with E-state index in [1.165, 1.54) is 0 Å². The largest absolute Gasteiger partial charge is 0.481 e. The molecule has 0 atom stereocenters. The number of fused-ring (bicyclic) bond motifs is 1. The van der Waals surface area contributed by atoms with E-state index in [1.54, 1.807) is 0 Å². The van der Waals surface area contributed by atoms with Gasteiger partial charge in [-0.15, -0.1) is 0 Å². The zero-order chi connectivity index (χ0) is 15.3. The first kappa shape index (κ1) is 15.5. The zero-order valence-electron chi connectivity index (χ0n) is 11.5. The van der Waals surface area contributed by atoms with Crippen molar-refractivity contribution in [1.29, 1.82) is 0 Å². The van der Waals surface area contributed by atoms with Gasteiger partial charge >= 0.3 is 5.97 Å². The summed E-state index contributed by atoms with van der Waals surface area (Å²) >= 11 is 0. The highest BCUT2D eigenvalue weighted by Gasteiger charge is 2.11. The Kier molecular flexibility index (Phi) is 4.98. The number of carbonyl (C=O) groups is 1. The van der Waals surface area contributed by atoms with Gasteiger partial charge in [0, 0.05) is 30.1 Å². The fourth-order valence-electron chi connectivity index (χ4n) is 2.17. The highest BCUT2D eigenvalue weighted by molar-refractivity contribution is 7.89. The van der Waals surface area contributed by atoms with E-state index in [4.69, 9.17) is 5.11 Å². The van der Waals surface area contributed by atoms with Gasteiger partial charge in [-0.1, -0.05) is 18.2 Å². The average molecular weight is 310 g/mol. The maximum atomic E-state index is 11.7. The van der Waals surface area contributed by atoms with Crippen molar-refractivity contribution in [2.75, 3.05) is 12.3 Å². The maximum absolute atomic E-state index is 11.7. The van der Waals surface area contributed by atoms with Gasteiger partial charge in [0.1, 0.15) is 0 Å². The van der Waals surface area contributed by atoms with Crippen molar-refractivity contribution in [3.05, 3.63) is 36.0 Å². The third-order valence-corrected chi connectivity index (χ3v) is 4.67. The molecule has 21 heavy (non-hydrogen) atoms. The van der Waals surface area contributed by atoms with Crippen LogP contribution in [0, 0.1) is 0 Å². The number of H-pyrrole nitrogens is 1. The van der Waals surface area contributed by atoms with E-state index in [-0.39, 0.29) is 18.6 Å². The Balaban J connectivity index is 1.85. The Morgan fingerprint density at radius 1 is 1.29 bits per heavy atom. The molecule has 0 amide bonds. The van der Waals surface area contributed by atoms with Gasteiger partial charge in [0.2, 0.25) is 10.0 Å². The van der Waals surface area contributed by atoms with Crippen LogP contribution in [0.3, 0.4) is 0 Å². The number of carboxylic acid groups (broad SMARTS) is 1. The second-order valence-electron chi connectivity index (χ2n) is 4.82. The lowest BCUT2D eigenvalue weighted by atomic mass is 10.1. The van der Waals surface area contributed by atoms with Crippen LogP contribution in [0.5, 0.6) is 0 Å². The molecule has 3 N–H and O–H groups in total. The summed E-state index contributed by atoms with van der Waals surface area (Å²) in [5.74, 6) is -1.14. The summed E-state index contributed by atoms with van der Waals surface area (Å²) < 4.78 is 25.9. The molecule has 0 saturated carbocycles. The predicted molar refractivity (Wildman–Crippen MR) is 80.7 cm³/mol. The molecule has 0 aliphatic carbocycles. The van der Waals surface area contributed by atoms with E-state index in [9.17, 15) is 13.2 Å². The quantitative estimate of drug-likeness (QED) is 0.688. The van der Waals surface area contributed by atoms with Crippen molar-refractivity contribution in [2.45, 2.75) is 19.3 Å². The Bertz CT molecular complexity index is 721. The van der Waals surface area contributed by atoms with Gasteiger partial charge in [0.25, 0.3) is 0 Å². The maximum Gasteiger partial charge on any atom is 0.303 e. The number of nitrogens with one attached hydrogen (secondary N) is 2. The average Bonchev–Trinajstić information content (AvgIpc) is 2.81. The van der Waals surface area contributed by atoms with Gasteiger partial charge in [0.15, 0.2) is 0 Å². The highest BCUT2D eigenvalue weighted by Crippen LogP contribution is 2.17. The van der Waals surface area contributed by atoms with Gasteiger partial charge in [-0.3, -0.25) is 4.79 Å². The van der Waals surface area contributed by atoms with Crippen LogP contribution < -0.4 is 4.72 Å². The van der Waals surface area contributed by atoms with Gasteiger partial charge in [0.05, 0.1) is 5.75 Å². The van der Waals surface area contributed by atoms with Crippen molar-refractivity contribution in [3.8, 4) is 0 Å². The van der Waals surface area contributed by atoms with Crippen molar-refractivity contribution in [3.63, 3.8) is 0 Å². The molecular formula is C14H18N2O4S. The topological polar surface area (TPSA) is 99.3 Å². The highest BCUT2D eigenvalue weighted by atomic mass is 32.2. The molecule has 1 aromatic heterocycles. The number of aromatic amines is 1. The fourth-order valence-corrected chi connectivity index (χ4v) is 3.25. The molecule has 2 rings (SSSR count). The second kappa shape index (κ2) is 6.73. The number of aliphatic carboxylic acids is 1. The molecule has 0 unspecified atom stereocenters. The molecule has 0 aliphatic heterocycles. The first-order valence-electron chi connectivity index (χ1n) is 6.72. The number of hydrogen-bond acceptors (Lipinski definition) is 3. The molecule has 1 heterocycles. The summed E-state index contributed by atoms with van der Waals surface area (Å²) in [6, 6.07) is 7.83. The molecule has 2 aromatic rings. The molecule has 1 aromatic carbocycles. The first-order valence-corrected chi connectivity index (χ1v) is 8.37. The van der Waals surface area contributed by atoms with Crippen LogP contribution in [0.2, 0.25) is 0 Å². The number of aromatic nitrogens is 1. The van der Waals surface area contributed by atoms with Crippen LogP contribution in [-0.4, -0.2) is 36.8 Å². The van der Waals surface area contributed by atoms with E-state index in [1.807, 2.05) is 30.5 Å². The normalized spacial score (nSPS) is 11.8. The van der Waals surface area contributed by atoms with Crippen LogP contribution in [0.1, 0.15) is 18.4 Å². The summed E-state index contributed by atoms with van der Waals surface area (Å²) in [7, 11) is -3.41. The standard InChI is InChI=1S/C14H18N2O4S/c17-14(18)6-3-9-21(19,20)16-8-7-11-10-15-13-5-2-1-4-12(11)13/h1-2,4-5,10,15-16H,3,6-9H2,(H,17,18). The summed E-state index contributed by atoms with van der Waals surface area (Å²) in [5.41, 5.74) is 2.08. The fraction of sp³-hybridized carbons (Fsp3) is 0.357. The lowest BCUT2D eigenvalue weighted by Gasteiger charge is -2.05. The third-order valence-electron chi connectivity index (χ3n) is 3.19. The van der Waals surface area contributed by atoms with Gasteiger partial charge in [-0.05, 0) is 24.5 Å². The van der Waals surface area contributed by atoms with Crippen molar-refractivity contribution in [1.82, 2.24) is 9.71 Å². The SMILES string of the molecule is O=C(O)CCCS(=O)(=O)NCCc1c[nH]c2ccccc12. The molecule has 0 aliphatic rings. The minimum Gasteiger partial charge on any atom is -0.481 e. The van der Waals surface area contributed by atoms with E-state index < -0.39 is 16.0 Å². The Morgan fingerprint density at radius 2 is 2.05 bits per heavy atom. The van der Waals surface area contributed by atoms with Crippen LogP contribution in [0.15, 0.2) is 30.5 Å². The number of hydrogen-bond donors (Lipinski definition) is 3. The Hall–Kier alpha value is -1.86. The van der Waals surface area contributed by atoms with E-state index in [0.717, 1.165) is 16.5 Å². The number of sulfonamides is 1. The minimum atomic E-state index is -3.41. The summed E-state index contributed by atoms with van der Waals surface area (Å²) in [5, 5.41) is 9.58. The number of para-hydroxylation sites is 1. The Morgan fingerprint density at radius 3 is 2.81 bits per heavy atom. The van der Waals surface area contributed by atoms with Crippen molar-refractivity contribution >= 4 is 26.9 Å². The van der Waals surface area contributed by atoms with E-state index in [2.05, 4.69) is 9.71 Å². The molecule has 0 bridgehead atoms. The van der Waals surface area contributed by atoms with Crippen molar-refractivity contribution in [2.24, 2.45) is 0 Å². The van der Waals surface area contributed by atoms with Crippen LogP contribution in [0.4, 0.5) is 0 Å². The van der Waals surface area contributed by atoms with Crippen LogP contribution >= 0.6 is 0 Å².